The molecule has 1 aliphatic heterocycles. The Balaban J connectivity index is 1.43. The van der Waals surface area contributed by atoms with Crippen molar-refractivity contribution < 1.29 is 9.53 Å². The van der Waals surface area contributed by atoms with Crippen molar-refractivity contribution in [2.24, 2.45) is 5.92 Å². The third-order valence-electron chi connectivity index (χ3n) is 4.84. The summed E-state index contributed by atoms with van der Waals surface area (Å²) >= 11 is 0. The molecule has 1 aromatic carbocycles. The number of hydrogen-bond acceptors (Lipinski definition) is 5. The van der Waals surface area contributed by atoms with E-state index < -0.39 is 0 Å². The molecule has 2 aliphatic rings. The third kappa shape index (κ3) is 3.64. The highest BCUT2D eigenvalue weighted by Crippen LogP contribution is 2.26. The molecular weight excluding hydrogens is 316 g/mol. The zero-order chi connectivity index (χ0) is 17.1. The number of benzene rings is 1. The van der Waals surface area contributed by atoms with Gasteiger partial charge in [0, 0.05) is 36.6 Å². The van der Waals surface area contributed by atoms with E-state index in [0.29, 0.717) is 6.42 Å². The first kappa shape index (κ1) is 16.0. The maximum Gasteiger partial charge on any atom is 0.227 e. The summed E-state index contributed by atoms with van der Waals surface area (Å²) in [6.07, 6.45) is 4.25. The summed E-state index contributed by atoms with van der Waals surface area (Å²) in [5.74, 6) is 0.842. The van der Waals surface area contributed by atoms with Gasteiger partial charge in [0.25, 0.3) is 0 Å². The van der Waals surface area contributed by atoms with Crippen molar-refractivity contribution in [3.8, 4) is 0 Å². The van der Waals surface area contributed by atoms with Crippen LogP contribution in [0.15, 0.2) is 36.5 Å². The fraction of sp³-hybridized carbons (Fsp3) is 0.421. The Morgan fingerprint density at radius 3 is 2.80 bits per heavy atom. The molecule has 0 radical (unpaired) electrons. The minimum Gasteiger partial charge on any atom is -0.378 e. The third-order valence-corrected chi connectivity index (χ3v) is 4.84. The van der Waals surface area contributed by atoms with Crippen LogP contribution in [0, 0.1) is 5.92 Å². The second-order valence-corrected chi connectivity index (χ2v) is 6.54. The van der Waals surface area contributed by atoms with Crippen molar-refractivity contribution in [1.29, 1.82) is 0 Å². The molecule has 1 fully saturated rings. The number of anilines is 2. The lowest BCUT2D eigenvalue weighted by Gasteiger charge is -2.28. The van der Waals surface area contributed by atoms with Gasteiger partial charge in [0.15, 0.2) is 0 Å². The van der Waals surface area contributed by atoms with Crippen LogP contribution in [-0.4, -0.2) is 42.2 Å². The van der Waals surface area contributed by atoms with Crippen molar-refractivity contribution in [2.75, 3.05) is 36.5 Å². The molecule has 1 aliphatic carbocycles. The van der Waals surface area contributed by atoms with Crippen LogP contribution < -0.4 is 10.2 Å². The minimum absolute atomic E-state index is 0.0226. The Bertz CT molecular complexity index is 744. The van der Waals surface area contributed by atoms with Crippen molar-refractivity contribution in [1.82, 2.24) is 9.97 Å². The predicted octanol–water partition coefficient (Wildman–Crippen LogP) is 2.06. The van der Waals surface area contributed by atoms with Gasteiger partial charge < -0.3 is 15.0 Å². The first-order valence-corrected chi connectivity index (χ1v) is 8.83. The molecule has 25 heavy (non-hydrogen) atoms. The Labute approximate surface area is 147 Å². The first-order valence-electron chi connectivity index (χ1n) is 8.83. The second-order valence-electron chi connectivity index (χ2n) is 6.54. The number of carbonyl (C=O) groups is 1. The van der Waals surface area contributed by atoms with Gasteiger partial charge in [-0.25, -0.2) is 9.97 Å². The fourth-order valence-corrected chi connectivity index (χ4v) is 3.40. The van der Waals surface area contributed by atoms with Gasteiger partial charge in [-0.1, -0.05) is 18.2 Å². The van der Waals surface area contributed by atoms with Crippen LogP contribution >= 0.6 is 0 Å². The number of hydrogen-bond donors (Lipinski definition) is 1. The standard InChI is InChI=1S/C19H22N4O2/c24-18(21-16-4-2-1-3-5-16)14-6-7-17-15(12-14)13-20-19(22-17)23-8-10-25-11-9-23/h1-5,13-14H,6-12H2,(H,21,24). The number of nitrogens with zero attached hydrogens (tertiary/aromatic N) is 3. The molecule has 1 atom stereocenters. The molecule has 6 heteroatoms. The van der Waals surface area contributed by atoms with Crippen molar-refractivity contribution >= 4 is 17.5 Å². The Morgan fingerprint density at radius 1 is 1.20 bits per heavy atom. The average molecular weight is 338 g/mol. The number of nitrogens with one attached hydrogen (secondary N) is 1. The van der Waals surface area contributed by atoms with Gasteiger partial charge in [-0.2, -0.15) is 0 Å². The lowest BCUT2D eigenvalue weighted by atomic mass is 9.86. The van der Waals surface area contributed by atoms with Crippen molar-refractivity contribution in [3.05, 3.63) is 47.8 Å². The smallest absolute Gasteiger partial charge is 0.227 e. The number of morpholine rings is 1. The van der Waals surface area contributed by atoms with E-state index in [1.54, 1.807) is 0 Å². The van der Waals surface area contributed by atoms with Crippen molar-refractivity contribution in [2.45, 2.75) is 19.3 Å². The highest BCUT2D eigenvalue weighted by Gasteiger charge is 2.27. The maximum absolute atomic E-state index is 12.5. The van der Waals surface area contributed by atoms with E-state index in [2.05, 4.69) is 15.2 Å². The summed E-state index contributed by atoms with van der Waals surface area (Å²) in [4.78, 5) is 23.9. The highest BCUT2D eigenvalue weighted by molar-refractivity contribution is 5.92. The second kappa shape index (κ2) is 7.19. The van der Waals surface area contributed by atoms with E-state index in [4.69, 9.17) is 9.72 Å². The van der Waals surface area contributed by atoms with Crippen LogP contribution in [0.4, 0.5) is 11.6 Å². The van der Waals surface area contributed by atoms with Gasteiger partial charge in [0.1, 0.15) is 0 Å². The van der Waals surface area contributed by atoms with Crippen LogP contribution in [0.5, 0.6) is 0 Å². The van der Waals surface area contributed by atoms with E-state index in [0.717, 1.165) is 62.0 Å². The molecule has 1 amide bonds. The summed E-state index contributed by atoms with van der Waals surface area (Å²) in [7, 11) is 0. The van der Waals surface area contributed by atoms with E-state index in [9.17, 15) is 4.79 Å². The van der Waals surface area contributed by atoms with Gasteiger partial charge in [0.05, 0.1) is 13.2 Å². The first-order chi connectivity index (χ1) is 12.3. The number of aromatic nitrogens is 2. The van der Waals surface area contributed by atoms with Gasteiger partial charge >= 0.3 is 0 Å². The SMILES string of the molecule is O=C(Nc1ccccc1)C1CCc2nc(N3CCOCC3)ncc2C1. The largest absolute Gasteiger partial charge is 0.378 e. The monoisotopic (exact) mass is 338 g/mol. The molecule has 0 saturated carbocycles. The molecule has 0 bridgehead atoms. The van der Waals surface area contributed by atoms with Gasteiger partial charge in [-0.05, 0) is 37.0 Å². The molecule has 2 heterocycles. The molecule has 130 valence electrons. The Kier molecular flexibility index (Phi) is 4.61. The maximum atomic E-state index is 12.5. The highest BCUT2D eigenvalue weighted by atomic mass is 16.5. The Hall–Kier alpha value is -2.47. The van der Waals surface area contributed by atoms with E-state index in [1.807, 2.05) is 36.5 Å². The fourth-order valence-electron chi connectivity index (χ4n) is 3.40. The zero-order valence-corrected chi connectivity index (χ0v) is 14.1. The topological polar surface area (TPSA) is 67.4 Å². The molecular formula is C19H22N4O2. The van der Waals surface area contributed by atoms with Gasteiger partial charge in [-0.15, -0.1) is 0 Å². The van der Waals surface area contributed by atoms with Crippen LogP contribution in [0.2, 0.25) is 0 Å². The summed E-state index contributed by atoms with van der Waals surface area (Å²) in [6.45, 7) is 3.12. The van der Waals surface area contributed by atoms with Crippen LogP contribution in [-0.2, 0) is 22.4 Å². The summed E-state index contributed by atoms with van der Waals surface area (Å²) in [6, 6.07) is 9.61. The lowest BCUT2D eigenvalue weighted by Crippen LogP contribution is -2.38. The minimum atomic E-state index is -0.0226. The molecule has 1 N–H and O–H groups in total. The zero-order valence-electron chi connectivity index (χ0n) is 14.1. The lowest BCUT2D eigenvalue weighted by molar-refractivity contribution is -0.120. The molecule has 1 saturated heterocycles. The summed E-state index contributed by atoms with van der Waals surface area (Å²) in [5, 5.41) is 3.00. The molecule has 4 rings (SSSR count). The summed E-state index contributed by atoms with van der Waals surface area (Å²) in [5.41, 5.74) is 3.02. The van der Waals surface area contributed by atoms with E-state index >= 15 is 0 Å². The number of carbonyl (C=O) groups excluding carboxylic acids is 1. The number of aryl methyl sites for hydroxylation is 1. The average Bonchev–Trinajstić information content (AvgIpc) is 2.68. The number of amides is 1. The van der Waals surface area contributed by atoms with Gasteiger partial charge in [0.2, 0.25) is 11.9 Å². The molecule has 0 spiro atoms. The van der Waals surface area contributed by atoms with E-state index in [-0.39, 0.29) is 11.8 Å². The van der Waals surface area contributed by atoms with E-state index in [1.165, 1.54) is 0 Å². The summed E-state index contributed by atoms with van der Waals surface area (Å²) < 4.78 is 5.38. The number of rotatable bonds is 3. The van der Waals surface area contributed by atoms with Gasteiger partial charge in [-0.3, -0.25) is 4.79 Å². The predicted molar refractivity (Wildman–Crippen MR) is 95.7 cm³/mol. The Morgan fingerprint density at radius 2 is 2.00 bits per heavy atom. The van der Waals surface area contributed by atoms with Crippen molar-refractivity contribution in [3.63, 3.8) is 0 Å². The van der Waals surface area contributed by atoms with Crippen LogP contribution in [0.1, 0.15) is 17.7 Å². The molecule has 1 aromatic heterocycles. The molecule has 6 nitrogen and oxygen atoms in total. The molecule has 1 unspecified atom stereocenters. The quantitative estimate of drug-likeness (QED) is 0.928. The number of ether oxygens (including phenoxy) is 1. The molecule has 2 aromatic rings. The number of para-hydroxylation sites is 1. The van der Waals surface area contributed by atoms with Crippen LogP contribution in [0.3, 0.4) is 0 Å². The van der Waals surface area contributed by atoms with Crippen LogP contribution in [0.25, 0.3) is 0 Å². The normalized spacial score (nSPS) is 20.0. The number of fused-ring (bicyclic) bond motifs is 1.